The highest BCUT2D eigenvalue weighted by Crippen LogP contribution is 2.33. The molecule has 4 heterocycles. The maximum Gasteiger partial charge on any atom is 0.272 e. The molecule has 3 aromatic heterocycles. The second-order valence-corrected chi connectivity index (χ2v) is 9.21. The molecule has 11 heteroatoms. The fourth-order valence-corrected chi connectivity index (χ4v) is 4.26. The molecule has 1 aliphatic heterocycles. The number of aromatic amines is 1. The first kappa shape index (κ1) is 23.9. The highest BCUT2D eigenvalue weighted by atomic mass is 19.1. The van der Waals surface area contributed by atoms with Crippen LogP contribution in [0.3, 0.4) is 0 Å². The van der Waals surface area contributed by atoms with Crippen molar-refractivity contribution in [1.82, 2.24) is 25.2 Å². The predicted octanol–water partition coefficient (Wildman–Crippen LogP) is 3.43. The van der Waals surface area contributed by atoms with Crippen LogP contribution in [0.5, 0.6) is 5.75 Å². The van der Waals surface area contributed by atoms with Gasteiger partial charge in [0.05, 0.1) is 23.8 Å². The number of carbonyl (C=O) groups is 1. The number of ether oxygens (including phenoxy) is 2. The molecule has 1 aromatic carbocycles. The molecular formula is C25H26FN5O5. The molecule has 1 aliphatic rings. The molecule has 1 atom stereocenters. The van der Waals surface area contributed by atoms with Gasteiger partial charge in [-0.1, -0.05) is 5.16 Å². The van der Waals surface area contributed by atoms with Crippen LogP contribution in [0, 0.1) is 5.82 Å². The van der Waals surface area contributed by atoms with Crippen molar-refractivity contribution in [3.8, 4) is 28.5 Å². The van der Waals surface area contributed by atoms with Gasteiger partial charge in [0.25, 0.3) is 5.91 Å². The number of halogens is 1. The highest BCUT2D eigenvalue weighted by Gasteiger charge is 2.42. The number of hydrogen-bond acceptors (Lipinski definition) is 8. The van der Waals surface area contributed by atoms with Crippen molar-refractivity contribution in [3.05, 3.63) is 48.0 Å². The summed E-state index contributed by atoms with van der Waals surface area (Å²) in [6.45, 7) is 4.55. The lowest BCUT2D eigenvalue weighted by molar-refractivity contribution is -0.0552. The average molecular weight is 496 g/mol. The maximum atomic E-state index is 14.6. The monoisotopic (exact) mass is 495 g/mol. The minimum absolute atomic E-state index is 0.0980. The number of nitrogens with zero attached hydrogens (tertiary/aromatic N) is 4. The first-order valence-corrected chi connectivity index (χ1v) is 11.5. The van der Waals surface area contributed by atoms with Gasteiger partial charge in [-0.3, -0.25) is 14.9 Å². The molecule has 36 heavy (non-hydrogen) atoms. The minimum Gasteiger partial charge on any atom is -0.488 e. The van der Waals surface area contributed by atoms with Crippen LogP contribution in [0.15, 0.2) is 41.1 Å². The van der Waals surface area contributed by atoms with Gasteiger partial charge in [-0.05, 0) is 38.5 Å². The third-order valence-corrected chi connectivity index (χ3v) is 6.28. The van der Waals surface area contributed by atoms with Gasteiger partial charge >= 0.3 is 0 Å². The molecule has 1 saturated heterocycles. The summed E-state index contributed by atoms with van der Waals surface area (Å²) >= 11 is 0. The number of H-pyrrole nitrogens is 1. The van der Waals surface area contributed by atoms with E-state index in [1.807, 2.05) is 0 Å². The van der Waals surface area contributed by atoms with Crippen LogP contribution < -0.4 is 4.74 Å². The second-order valence-electron chi connectivity index (χ2n) is 9.21. The van der Waals surface area contributed by atoms with Crippen LogP contribution in [-0.4, -0.2) is 74.8 Å². The molecule has 1 amide bonds. The van der Waals surface area contributed by atoms with Crippen molar-refractivity contribution in [1.29, 1.82) is 0 Å². The molecule has 0 aliphatic carbocycles. The molecule has 0 radical (unpaired) electrons. The molecule has 0 saturated carbocycles. The van der Waals surface area contributed by atoms with E-state index in [4.69, 9.17) is 14.0 Å². The molecular weight excluding hydrogens is 469 g/mol. The number of aromatic nitrogens is 4. The lowest BCUT2D eigenvalue weighted by atomic mass is 9.87. The van der Waals surface area contributed by atoms with E-state index in [1.54, 1.807) is 50.3 Å². The molecule has 0 bridgehead atoms. The van der Waals surface area contributed by atoms with Crippen LogP contribution in [0.25, 0.3) is 33.6 Å². The van der Waals surface area contributed by atoms with Crippen LogP contribution in [0.2, 0.25) is 0 Å². The zero-order chi connectivity index (χ0) is 25.4. The van der Waals surface area contributed by atoms with Gasteiger partial charge in [0.1, 0.15) is 23.7 Å². The number of hydrogen-bond donors (Lipinski definition) is 2. The largest absolute Gasteiger partial charge is 0.488 e. The SMILES string of the molecule is COCCOc1cc2[nH]nc(-c3cc(-c4ccc(C(=O)N5CCC5C(C)(C)O)nc4)no3)c2cc1F. The fourth-order valence-electron chi connectivity index (χ4n) is 4.26. The molecule has 188 valence electrons. The molecule has 1 fully saturated rings. The van der Waals surface area contributed by atoms with E-state index in [9.17, 15) is 14.3 Å². The number of amides is 1. The van der Waals surface area contributed by atoms with E-state index in [2.05, 4.69) is 20.3 Å². The summed E-state index contributed by atoms with van der Waals surface area (Å²) in [7, 11) is 1.54. The van der Waals surface area contributed by atoms with Gasteiger partial charge in [0.2, 0.25) is 0 Å². The Hall–Kier alpha value is -3.83. The third kappa shape index (κ3) is 4.42. The second kappa shape index (κ2) is 9.32. The molecule has 5 rings (SSSR count). The lowest BCUT2D eigenvalue weighted by Gasteiger charge is -2.47. The fraction of sp³-hybridized carbons (Fsp3) is 0.360. The van der Waals surface area contributed by atoms with Crippen molar-refractivity contribution in [2.45, 2.75) is 31.9 Å². The van der Waals surface area contributed by atoms with E-state index in [0.29, 0.717) is 46.8 Å². The zero-order valence-corrected chi connectivity index (χ0v) is 20.1. The summed E-state index contributed by atoms with van der Waals surface area (Å²) in [6.07, 6.45) is 2.29. The van der Waals surface area contributed by atoms with Gasteiger partial charge in [0, 0.05) is 42.9 Å². The van der Waals surface area contributed by atoms with Crippen LogP contribution >= 0.6 is 0 Å². The summed E-state index contributed by atoms with van der Waals surface area (Å²) < 4.78 is 30.4. The molecule has 0 spiro atoms. The van der Waals surface area contributed by atoms with Crippen LogP contribution in [0.4, 0.5) is 4.39 Å². The molecule has 1 unspecified atom stereocenters. The lowest BCUT2D eigenvalue weighted by Crippen LogP contribution is -2.60. The predicted molar refractivity (Wildman–Crippen MR) is 128 cm³/mol. The Kier molecular flexibility index (Phi) is 6.19. The Morgan fingerprint density at radius 1 is 1.31 bits per heavy atom. The summed E-state index contributed by atoms with van der Waals surface area (Å²) in [5.74, 6) is -0.311. The van der Waals surface area contributed by atoms with E-state index in [-0.39, 0.29) is 30.0 Å². The normalized spacial score (nSPS) is 15.8. The van der Waals surface area contributed by atoms with Crippen LogP contribution in [-0.2, 0) is 4.74 Å². The average Bonchev–Trinajstić information content (AvgIpc) is 3.44. The molecule has 10 nitrogen and oxygen atoms in total. The summed E-state index contributed by atoms with van der Waals surface area (Å²) in [4.78, 5) is 18.7. The van der Waals surface area contributed by atoms with Gasteiger partial charge in [-0.2, -0.15) is 5.10 Å². The maximum absolute atomic E-state index is 14.6. The zero-order valence-electron chi connectivity index (χ0n) is 20.1. The molecule has 2 N–H and O–H groups in total. The minimum atomic E-state index is -0.969. The third-order valence-electron chi connectivity index (χ3n) is 6.28. The topological polar surface area (TPSA) is 127 Å². The van der Waals surface area contributed by atoms with Crippen molar-refractivity contribution >= 4 is 16.8 Å². The van der Waals surface area contributed by atoms with Gasteiger partial charge in [0.15, 0.2) is 17.3 Å². The first-order valence-electron chi connectivity index (χ1n) is 11.5. The van der Waals surface area contributed by atoms with E-state index in [1.165, 1.54) is 12.1 Å². The van der Waals surface area contributed by atoms with Crippen LogP contribution in [0.1, 0.15) is 30.8 Å². The van der Waals surface area contributed by atoms with E-state index in [0.717, 1.165) is 6.42 Å². The van der Waals surface area contributed by atoms with E-state index < -0.39 is 11.4 Å². The molecule has 4 aromatic rings. The van der Waals surface area contributed by atoms with Crippen molar-refractivity contribution < 1.29 is 28.3 Å². The number of benzene rings is 1. The van der Waals surface area contributed by atoms with Crippen molar-refractivity contribution in [2.24, 2.45) is 0 Å². The smallest absolute Gasteiger partial charge is 0.272 e. The number of aliphatic hydroxyl groups is 1. The Labute approximate surface area is 206 Å². The first-order chi connectivity index (χ1) is 17.3. The van der Waals surface area contributed by atoms with Crippen molar-refractivity contribution in [3.63, 3.8) is 0 Å². The highest BCUT2D eigenvalue weighted by molar-refractivity contribution is 5.94. The number of fused-ring (bicyclic) bond motifs is 1. The number of carbonyl (C=O) groups excluding carboxylic acids is 1. The number of nitrogens with one attached hydrogen (secondary N) is 1. The summed E-state index contributed by atoms with van der Waals surface area (Å²) in [6, 6.07) is 7.66. The Morgan fingerprint density at radius 3 is 2.81 bits per heavy atom. The quantitative estimate of drug-likeness (QED) is 0.356. The Balaban J connectivity index is 1.34. The number of likely N-dealkylation sites (tertiary alicyclic amines) is 1. The van der Waals surface area contributed by atoms with Gasteiger partial charge < -0.3 is 24.0 Å². The standard InChI is InChI=1S/C25H26FN5O5/c1-25(2,33)22-6-7-31(22)24(32)17-5-4-14(13-27-17)18-11-21(36-30-18)23-15-10-16(26)20(35-9-8-34-3)12-19(15)28-29-23/h4-5,10-13,22,33H,6-9H2,1-3H3,(H,28,29). The number of methoxy groups -OCH3 is 1. The summed E-state index contributed by atoms with van der Waals surface area (Å²) in [5, 5.41) is 22.0. The Morgan fingerprint density at radius 2 is 2.14 bits per heavy atom. The van der Waals surface area contributed by atoms with Gasteiger partial charge in [-0.15, -0.1) is 0 Å². The van der Waals surface area contributed by atoms with E-state index >= 15 is 0 Å². The number of pyridine rings is 1. The Bertz CT molecular complexity index is 1390. The van der Waals surface area contributed by atoms with Gasteiger partial charge in [-0.25, -0.2) is 4.39 Å². The number of rotatable bonds is 8. The van der Waals surface area contributed by atoms with Crippen molar-refractivity contribution in [2.75, 3.05) is 26.9 Å². The summed E-state index contributed by atoms with van der Waals surface area (Å²) in [5.41, 5.74) is 1.43.